The summed E-state index contributed by atoms with van der Waals surface area (Å²) in [4.78, 5) is 25.7. The number of carbonyl (C=O) groups is 1. The first-order valence-electron chi connectivity index (χ1n) is 12.3. The Balaban J connectivity index is 1.41. The zero-order valence-corrected chi connectivity index (χ0v) is 22.0. The summed E-state index contributed by atoms with van der Waals surface area (Å²) in [7, 11) is -1.89. The van der Waals surface area contributed by atoms with Gasteiger partial charge in [-0.3, -0.25) is 10.7 Å². The molecule has 1 aliphatic rings. The first-order valence-corrected chi connectivity index (χ1v) is 13.8. The number of sulfonamides is 1. The SMILES string of the molecule is CN1CCC(NC(=O)Nc2nnc3cc(NNS(=O)(=O)c4ccccn4)nc(/C=C/c4ccccc4)n23)CC1. The topological polar surface area (TPSA) is 159 Å². The summed E-state index contributed by atoms with van der Waals surface area (Å²) in [6.45, 7) is 1.83. The average Bonchev–Trinajstić information content (AvgIpc) is 3.35. The standard InChI is InChI=1S/C25H28N10O3S/c1-34-15-12-19(13-16-34)27-25(36)29-24-32-31-22-17-20(30-33-39(37,38)23-9-5-6-14-26-23)28-21(35(22)24)11-10-18-7-3-2-4-8-18/h2-11,14,17,19,30,33H,12-13,15-16H2,1H3,(H2,27,29,32,36)/b11-10+. The number of carbonyl (C=O) groups excluding carboxylic acids is 1. The van der Waals surface area contributed by atoms with Crippen LogP contribution in [0.5, 0.6) is 0 Å². The number of piperidine rings is 1. The molecule has 13 nitrogen and oxygen atoms in total. The molecule has 0 unspecified atom stereocenters. The van der Waals surface area contributed by atoms with E-state index in [0.29, 0.717) is 11.5 Å². The summed E-state index contributed by atoms with van der Waals surface area (Å²) in [5.74, 6) is 0.705. The fraction of sp³-hybridized carbons (Fsp3) is 0.240. The second-order valence-corrected chi connectivity index (χ2v) is 10.7. The van der Waals surface area contributed by atoms with Crippen molar-refractivity contribution in [1.29, 1.82) is 0 Å². The molecule has 39 heavy (non-hydrogen) atoms. The van der Waals surface area contributed by atoms with E-state index in [1.165, 1.54) is 18.3 Å². The van der Waals surface area contributed by atoms with Gasteiger partial charge in [0.25, 0.3) is 10.0 Å². The number of rotatable bonds is 8. The number of urea groups is 1. The van der Waals surface area contributed by atoms with Gasteiger partial charge >= 0.3 is 6.03 Å². The van der Waals surface area contributed by atoms with Crippen molar-refractivity contribution in [1.82, 2.24) is 39.6 Å². The lowest BCUT2D eigenvalue weighted by Gasteiger charge is -2.29. The smallest absolute Gasteiger partial charge is 0.321 e. The van der Waals surface area contributed by atoms with E-state index in [-0.39, 0.29) is 28.9 Å². The summed E-state index contributed by atoms with van der Waals surface area (Å²) >= 11 is 0. The zero-order chi connectivity index (χ0) is 27.2. The van der Waals surface area contributed by atoms with E-state index in [0.717, 1.165) is 31.5 Å². The monoisotopic (exact) mass is 548 g/mol. The van der Waals surface area contributed by atoms with E-state index in [4.69, 9.17) is 0 Å². The van der Waals surface area contributed by atoms with Gasteiger partial charge in [-0.25, -0.2) is 27.6 Å². The Morgan fingerprint density at radius 1 is 1.03 bits per heavy atom. The van der Waals surface area contributed by atoms with Crippen LogP contribution in [0.4, 0.5) is 16.6 Å². The van der Waals surface area contributed by atoms with E-state index in [9.17, 15) is 13.2 Å². The molecule has 1 saturated heterocycles. The van der Waals surface area contributed by atoms with Crippen molar-refractivity contribution in [2.75, 3.05) is 30.9 Å². The molecule has 4 heterocycles. The molecule has 1 aromatic carbocycles. The highest BCUT2D eigenvalue weighted by atomic mass is 32.2. The van der Waals surface area contributed by atoms with Crippen LogP contribution in [0.2, 0.25) is 0 Å². The van der Waals surface area contributed by atoms with Crippen LogP contribution in [0.3, 0.4) is 0 Å². The number of likely N-dealkylation sites (tertiary alicyclic amines) is 1. The third kappa shape index (κ3) is 6.54. The molecule has 0 spiro atoms. The highest BCUT2D eigenvalue weighted by molar-refractivity contribution is 7.89. The largest absolute Gasteiger partial charge is 0.335 e. The number of benzene rings is 1. The van der Waals surface area contributed by atoms with Gasteiger partial charge in [0.05, 0.1) is 0 Å². The van der Waals surface area contributed by atoms with Crippen molar-refractivity contribution < 1.29 is 13.2 Å². The summed E-state index contributed by atoms with van der Waals surface area (Å²) in [5, 5.41) is 13.9. The van der Waals surface area contributed by atoms with E-state index in [2.05, 4.69) is 53.0 Å². The second-order valence-electron chi connectivity index (χ2n) is 9.04. The molecule has 0 atom stereocenters. The van der Waals surface area contributed by atoms with Crippen LogP contribution in [0.15, 0.2) is 65.8 Å². The third-order valence-electron chi connectivity index (χ3n) is 6.15. The van der Waals surface area contributed by atoms with Crippen molar-refractivity contribution >= 4 is 45.6 Å². The summed E-state index contributed by atoms with van der Waals surface area (Å²) in [6, 6.07) is 15.4. The molecule has 0 bridgehead atoms. The number of fused-ring (bicyclic) bond motifs is 1. The summed E-state index contributed by atoms with van der Waals surface area (Å²) in [5.41, 5.74) is 3.87. The van der Waals surface area contributed by atoms with Gasteiger partial charge in [-0.05, 0) is 56.8 Å². The molecule has 14 heteroatoms. The number of aromatic nitrogens is 5. The van der Waals surface area contributed by atoms with Gasteiger partial charge in [0.2, 0.25) is 5.95 Å². The maximum Gasteiger partial charge on any atom is 0.321 e. The molecule has 0 saturated carbocycles. The van der Waals surface area contributed by atoms with Crippen LogP contribution < -0.4 is 20.9 Å². The second kappa shape index (κ2) is 11.6. The fourth-order valence-corrected chi connectivity index (χ4v) is 4.89. The number of hydrogen-bond acceptors (Lipinski definition) is 9. The highest BCUT2D eigenvalue weighted by Gasteiger charge is 2.21. The molecule has 1 fully saturated rings. The minimum absolute atomic E-state index is 0.0684. The molecule has 202 valence electrons. The zero-order valence-electron chi connectivity index (χ0n) is 21.2. The maximum absolute atomic E-state index is 12.8. The van der Waals surface area contributed by atoms with Gasteiger partial charge in [0.1, 0.15) is 11.6 Å². The lowest BCUT2D eigenvalue weighted by Crippen LogP contribution is -2.45. The Bertz CT molecular complexity index is 1570. The molecule has 1 aliphatic heterocycles. The van der Waals surface area contributed by atoms with Crippen LogP contribution in [0, 0.1) is 0 Å². The lowest BCUT2D eigenvalue weighted by atomic mass is 10.1. The van der Waals surface area contributed by atoms with Gasteiger partial charge in [-0.15, -0.1) is 15.0 Å². The molecular weight excluding hydrogens is 520 g/mol. The van der Waals surface area contributed by atoms with Gasteiger partial charge < -0.3 is 10.2 Å². The average molecular weight is 549 g/mol. The predicted molar refractivity (Wildman–Crippen MR) is 147 cm³/mol. The molecular formula is C25H28N10O3S. The number of amides is 2. The number of hydrogen-bond donors (Lipinski definition) is 4. The van der Waals surface area contributed by atoms with Crippen LogP contribution >= 0.6 is 0 Å². The molecule has 3 aromatic heterocycles. The Hall–Kier alpha value is -4.40. The van der Waals surface area contributed by atoms with E-state index >= 15 is 0 Å². The summed E-state index contributed by atoms with van der Waals surface area (Å²) < 4.78 is 26.8. The molecule has 0 aliphatic carbocycles. The normalized spacial score (nSPS) is 15.0. The number of anilines is 2. The molecule has 4 N–H and O–H groups in total. The molecule has 4 aromatic rings. The van der Waals surface area contributed by atoms with Crippen molar-refractivity contribution in [3.8, 4) is 0 Å². The fourth-order valence-electron chi connectivity index (χ4n) is 4.09. The van der Waals surface area contributed by atoms with Crippen molar-refractivity contribution in [3.05, 3.63) is 72.2 Å². The Morgan fingerprint density at radius 3 is 2.54 bits per heavy atom. The minimum atomic E-state index is -3.95. The maximum atomic E-state index is 12.8. The minimum Gasteiger partial charge on any atom is -0.335 e. The number of nitrogens with one attached hydrogen (secondary N) is 4. The first kappa shape index (κ1) is 26.2. The number of nitrogens with zero attached hydrogens (tertiary/aromatic N) is 6. The van der Waals surface area contributed by atoms with E-state index in [1.807, 2.05) is 36.4 Å². The van der Waals surface area contributed by atoms with Crippen LogP contribution in [-0.4, -0.2) is 70.1 Å². The number of hydrazine groups is 1. The Kier molecular flexibility index (Phi) is 7.76. The van der Waals surface area contributed by atoms with Gasteiger partial charge in [0.15, 0.2) is 10.7 Å². The van der Waals surface area contributed by atoms with Crippen LogP contribution in [0.1, 0.15) is 24.2 Å². The molecule has 2 amide bonds. The Morgan fingerprint density at radius 2 is 1.79 bits per heavy atom. The van der Waals surface area contributed by atoms with E-state index < -0.39 is 10.0 Å². The van der Waals surface area contributed by atoms with Crippen molar-refractivity contribution in [2.24, 2.45) is 0 Å². The van der Waals surface area contributed by atoms with Gasteiger partial charge in [0, 0.05) is 18.3 Å². The van der Waals surface area contributed by atoms with E-state index in [1.54, 1.807) is 22.6 Å². The quantitative estimate of drug-likeness (QED) is 0.242. The first-order chi connectivity index (χ1) is 18.9. The number of pyridine rings is 1. The Labute approximate surface area is 225 Å². The highest BCUT2D eigenvalue weighted by Crippen LogP contribution is 2.18. The van der Waals surface area contributed by atoms with Crippen LogP contribution in [0.25, 0.3) is 17.8 Å². The molecule has 0 radical (unpaired) electrons. The van der Waals surface area contributed by atoms with Crippen molar-refractivity contribution in [2.45, 2.75) is 23.9 Å². The van der Waals surface area contributed by atoms with Gasteiger partial charge in [-0.1, -0.05) is 42.5 Å². The molecule has 5 rings (SSSR count). The summed E-state index contributed by atoms with van der Waals surface area (Å²) in [6.07, 6.45) is 6.68. The van der Waals surface area contributed by atoms with Crippen molar-refractivity contribution in [3.63, 3.8) is 0 Å². The van der Waals surface area contributed by atoms with Crippen LogP contribution in [-0.2, 0) is 10.0 Å². The third-order valence-corrected chi connectivity index (χ3v) is 7.31. The van der Waals surface area contributed by atoms with Gasteiger partial charge in [-0.2, -0.15) is 0 Å². The predicted octanol–water partition coefficient (Wildman–Crippen LogP) is 2.21. The lowest BCUT2D eigenvalue weighted by molar-refractivity contribution is 0.221.